The van der Waals surface area contributed by atoms with Gasteiger partial charge in [-0.25, -0.2) is 22.1 Å². The number of pyridine rings is 1. The van der Waals surface area contributed by atoms with E-state index in [-0.39, 0.29) is 18.8 Å². The van der Waals surface area contributed by atoms with Crippen molar-refractivity contribution < 1.29 is 32.2 Å². The molecule has 0 bridgehead atoms. The van der Waals surface area contributed by atoms with Crippen LogP contribution in [0.4, 0.5) is 10.2 Å². The number of benzene rings is 2. The second-order valence-electron chi connectivity index (χ2n) is 10.6. The molecular weight excluding hydrogens is 620 g/mol. The molecule has 2 heterocycles. The molecule has 3 aromatic rings. The molecule has 228 valence electrons. The van der Waals surface area contributed by atoms with E-state index in [2.05, 4.69) is 4.98 Å². The largest absolute Gasteiger partial charge is 0.481 e. The van der Waals surface area contributed by atoms with Crippen molar-refractivity contribution >= 4 is 50.9 Å². The van der Waals surface area contributed by atoms with Crippen LogP contribution in [0.3, 0.4) is 0 Å². The van der Waals surface area contributed by atoms with E-state index < -0.39 is 63.7 Å². The van der Waals surface area contributed by atoms with E-state index in [4.69, 9.17) is 27.9 Å². The van der Waals surface area contributed by atoms with Crippen molar-refractivity contribution in [2.24, 2.45) is 0 Å². The van der Waals surface area contributed by atoms with Crippen LogP contribution in [-0.4, -0.2) is 59.2 Å². The second-order valence-corrected chi connectivity index (χ2v) is 13.6. The summed E-state index contributed by atoms with van der Waals surface area (Å²) in [6.45, 7) is 1.48. The number of carboxylic acid groups (broad SMARTS) is 1. The maximum Gasteiger partial charge on any atom is 0.306 e. The van der Waals surface area contributed by atoms with Crippen molar-refractivity contribution in [1.82, 2.24) is 9.88 Å². The minimum absolute atomic E-state index is 0.253. The highest BCUT2D eigenvalue weighted by Gasteiger charge is 2.49. The van der Waals surface area contributed by atoms with Crippen LogP contribution in [0.25, 0.3) is 0 Å². The number of rotatable bonds is 11. The van der Waals surface area contributed by atoms with E-state index in [0.29, 0.717) is 34.0 Å². The van der Waals surface area contributed by atoms with E-state index in [1.807, 2.05) is 0 Å². The highest BCUT2D eigenvalue weighted by Crippen LogP contribution is 2.45. The van der Waals surface area contributed by atoms with Crippen LogP contribution in [0, 0.1) is 5.82 Å². The van der Waals surface area contributed by atoms with Gasteiger partial charge in [-0.15, -0.1) is 0 Å². The summed E-state index contributed by atoms with van der Waals surface area (Å²) in [5, 5.41) is 9.84. The van der Waals surface area contributed by atoms with E-state index in [1.165, 1.54) is 17.2 Å². The standard InChI is InChI=1S/C30H30Cl2FN3O6S/c1-2-22(17-35(43(40,41)23-12-13-23)29-24(33)7-4-14-34-29)36-27(18-8-10-20(31)11-9-18)28(19-5-3-6-21(32)15-19)42-25(30(36)39)16-26(37)38/h3-11,14-15,22-23,25,27-28H,2,12-13,16-17H2,1H3,(H,37,38)/t22?,25-,27+,28+/m0/s1. The molecule has 1 aliphatic heterocycles. The first kappa shape index (κ1) is 31.2. The maximum absolute atomic E-state index is 15.1. The van der Waals surface area contributed by atoms with Gasteiger partial charge < -0.3 is 14.7 Å². The molecule has 2 fully saturated rings. The zero-order valence-corrected chi connectivity index (χ0v) is 25.5. The van der Waals surface area contributed by atoms with Gasteiger partial charge in [0.15, 0.2) is 11.6 Å². The third-order valence-electron chi connectivity index (χ3n) is 7.65. The number of hydrogen-bond acceptors (Lipinski definition) is 6. The summed E-state index contributed by atoms with van der Waals surface area (Å²) in [7, 11) is -4.02. The highest BCUT2D eigenvalue weighted by molar-refractivity contribution is 7.93. The fraction of sp³-hybridized carbons (Fsp3) is 0.367. The molecule has 1 aromatic heterocycles. The minimum Gasteiger partial charge on any atom is -0.481 e. The lowest BCUT2D eigenvalue weighted by atomic mass is 9.89. The van der Waals surface area contributed by atoms with Crippen molar-refractivity contribution in [2.45, 2.75) is 62.1 Å². The SMILES string of the molecule is CCC(CN(c1ncccc1F)S(=O)(=O)C1CC1)N1C(=O)[C@H](CC(=O)O)O[C@H](c2cccc(Cl)c2)[C@H]1c1ccc(Cl)cc1. The van der Waals surface area contributed by atoms with Crippen molar-refractivity contribution in [1.29, 1.82) is 0 Å². The Hall–Kier alpha value is -3.25. The van der Waals surface area contributed by atoms with Gasteiger partial charge in [0.1, 0.15) is 12.2 Å². The molecule has 1 amide bonds. The Labute approximate surface area is 259 Å². The number of nitrogens with zero attached hydrogens (tertiary/aromatic N) is 3. The number of carbonyl (C=O) groups excluding carboxylic acids is 1. The van der Waals surface area contributed by atoms with Gasteiger partial charge in [-0.1, -0.05) is 54.4 Å². The molecule has 1 unspecified atom stereocenters. The lowest BCUT2D eigenvalue weighted by Gasteiger charge is -2.48. The molecular formula is C30H30Cl2FN3O6S. The zero-order chi connectivity index (χ0) is 30.9. The van der Waals surface area contributed by atoms with Crippen LogP contribution in [0.1, 0.15) is 55.9 Å². The van der Waals surface area contributed by atoms with Gasteiger partial charge in [0, 0.05) is 16.2 Å². The minimum atomic E-state index is -4.02. The number of hydrogen-bond donors (Lipinski definition) is 1. The molecule has 1 saturated heterocycles. The summed E-state index contributed by atoms with van der Waals surface area (Å²) in [6, 6.07) is 14.5. The van der Waals surface area contributed by atoms with Gasteiger partial charge in [-0.2, -0.15) is 0 Å². The van der Waals surface area contributed by atoms with Crippen molar-refractivity contribution in [3.8, 4) is 0 Å². The number of ether oxygens (including phenoxy) is 1. The fourth-order valence-corrected chi connectivity index (χ4v) is 7.59. The lowest BCUT2D eigenvalue weighted by molar-refractivity contribution is -0.183. The molecule has 9 nitrogen and oxygen atoms in total. The third kappa shape index (κ3) is 6.64. The average molecular weight is 651 g/mol. The number of halogens is 3. The van der Waals surface area contributed by atoms with Crippen LogP contribution in [-0.2, 0) is 24.3 Å². The predicted molar refractivity (Wildman–Crippen MR) is 160 cm³/mol. The summed E-state index contributed by atoms with van der Waals surface area (Å²) in [5.41, 5.74) is 1.21. The second kappa shape index (κ2) is 12.8. The van der Waals surface area contributed by atoms with Gasteiger partial charge in [-0.05, 0) is 66.8 Å². The molecule has 43 heavy (non-hydrogen) atoms. The van der Waals surface area contributed by atoms with Crippen LogP contribution in [0.15, 0.2) is 66.9 Å². The van der Waals surface area contributed by atoms with Crippen LogP contribution in [0.5, 0.6) is 0 Å². The van der Waals surface area contributed by atoms with Crippen LogP contribution >= 0.6 is 23.2 Å². The Kier molecular flexibility index (Phi) is 9.26. The molecule has 2 aromatic carbocycles. The molecule has 0 radical (unpaired) electrons. The molecule has 5 rings (SSSR count). The molecule has 0 spiro atoms. The molecule has 1 saturated carbocycles. The predicted octanol–water partition coefficient (Wildman–Crippen LogP) is 5.79. The summed E-state index contributed by atoms with van der Waals surface area (Å²) in [5.74, 6) is -3.04. The lowest BCUT2D eigenvalue weighted by Crippen LogP contribution is -2.58. The molecule has 4 atom stereocenters. The number of aromatic nitrogens is 1. The van der Waals surface area contributed by atoms with Crippen molar-refractivity contribution in [3.05, 3.63) is 93.8 Å². The maximum atomic E-state index is 15.1. The van der Waals surface area contributed by atoms with E-state index in [9.17, 15) is 23.1 Å². The summed E-state index contributed by atoms with van der Waals surface area (Å²) in [4.78, 5) is 31.5. The average Bonchev–Trinajstić information content (AvgIpc) is 3.82. The number of aliphatic carboxylic acids is 1. The fourth-order valence-electron chi connectivity index (χ4n) is 5.42. The number of morpholine rings is 1. The Bertz CT molecular complexity index is 1610. The van der Waals surface area contributed by atoms with Gasteiger partial charge in [0.25, 0.3) is 5.91 Å². The van der Waals surface area contributed by atoms with E-state index in [0.717, 1.165) is 10.4 Å². The van der Waals surface area contributed by atoms with Crippen LogP contribution in [0.2, 0.25) is 10.0 Å². The van der Waals surface area contributed by atoms with Gasteiger partial charge in [0.2, 0.25) is 10.0 Å². The number of amides is 1. The highest BCUT2D eigenvalue weighted by atomic mass is 35.5. The smallest absolute Gasteiger partial charge is 0.306 e. The number of carbonyl (C=O) groups is 2. The summed E-state index contributed by atoms with van der Waals surface area (Å²) in [6.07, 6.45) is -0.437. The van der Waals surface area contributed by atoms with Gasteiger partial charge in [-0.3, -0.25) is 9.59 Å². The Balaban J connectivity index is 1.66. The monoisotopic (exact) mass is 649 g/mol. The van der Waals surface area contributed by atoms with Gasteiger partial charge >= 0.3 is 5.97 Å². The Morgan fingerprint density at radius 3 is 2.44 bits per heavy atom. The quantitative estimate of drug-likeness (QED) is 0.279. The summed E-state index contributed by atoms with van der Waals surface area (Å²) < 4.78 is 49.6. The summed E-state index contributed by atoms with van der Waals surface area (Å²) >= 11 is 12.5. The first-order valence-corrected chi connectivity index (χ1v) is 16.1. The Morgan fingerprint density at radius 1 is 1.12 bits per heavy atom. The first-order chi connectivity index (χ1) is 20.5. The number of sulfonamides is 1. The van der Waals surface area contributed by atoms with Crippen LogP contribution < -0.4 is 4.31 Å². The third-order valence-corrected chi connectivity index (χ3v) is 10.4. The van der Waals surface area contributed by atoms with Gasteiger partial charge in [0.05, 0.1) is 30.3 Å². The number of anilines is 1. The molecule has 2 aliphatic rings. The van der Waals surface area contributed by atoms with Crippen molar-refractivity contribution in [2.75, 3.05) is 10.8 Å². The topological polar surface area (TPSA) is 117 Å². The number of carboxylic acids is 1. The van der Waals surface area contributed by atoms with E-state index >= 15 is 4.39 Å². The van der Waals surface area contributed by atoms with E-state index in [1.54, 1.807) is 55.5 Å². The Morgan fingerprint density at radius 2 is 1.84 bits per heavy atom. The molecule has 1 aliphatic carbocycles. The van der Waals surface area contributed by atoms with Crippen molar-refractivity contribution in [3.63, 3.8) is 0 Å². The zero-order valence-electron chi connectivity index (χ0n) is 23.1. The normalized spacial score (nSPS) is 21.4. The molecule has 1 N–H and O–H groups in total. The first-order valence-electron chi connectivity index (χ1n) is 13.8. The molecule has 13 heteroatoms.